The molecule has 4 rings (SSSR count). The number of rotatable bonds is 6. The van der Waals surface area contributed by atoms with Crippen molar-refractivity contribution in [1.82, 2.24) is 20.0 Å². The fourth-order valence-electron chi connectivity index (χ4n) is 4.02. The Morgan fingerprint density at radius 3 is 2.72 bits per heavy atom. The van der Waals surface area contributed by atoms with Gasteiger partial charge in [-0.1, -0.05) is 18.2 Å². The van der Waals surface area contributed by atoms with Crippen molar-refractivity contribution in [2.75, 3.05) is 25.0 Å². The molecule has 0 aliphatic carbocycles. The molecular formula is C22H24N6O3S. The van der Waals surface area contributed by atoms with E-state index in [1.54, 1.807) is 11.4 Å². The largest absolute Gasteiger partial charge is 0.366 e. The van der Waals surface area contributed by atoms with Crippen LogP contribution < -0.4 is 16.4 Å². The van der Waals surface area contributed by atoms with E-state index in [1.165, 1.54) is 11.3 Å². The van der Waals surface area contributed by atoms with Gasteiger partial charge in [0.25, 0.3) is 5.91 Å². The van der Waals surface area contributed by atoms with Crippen LogP contribution in [0.15, 0.2) is 41.8 Å². The topological polar surface area (TPSA) is 122 Å². The van der Waals surface area contributed by atoms with Crippen LogP contribution in [0, 0.1) is 13.8 Å². The zero-order valence-corrected chi connectivity index (χ0v) is 18.6. The predicted octanol–water partition coefficient (Wildman–Crippen LogP) is 1.76. The number of aromatic nitrogens is 2. The summed E-state index contributed by atoms with van der Waals surface area (Å²) < 4.78 is 1.82. The Bertz CT molecular complexity index is 1170. The summed E-state index contributed by atoms with van der Waals surface area (Å²) in [6.07, 6.45) is 0. The molecule has 1 aliphatic rings. The zero-order valence-electron chi connectivity index (χ0n) is 17.8. The zero-order chi connectivity index (χ0) is 22.8. The highest BCUT2D eigenvalue weighted by atomic mass is 32.1. The number of benzene rings is 1. The molecule has 9 nitrogen and oxygen atoms in total. The highest BCUT2D eigenvalue weighted by Crippen LogP contribution is 2.30. The summed E-state index contributed by atoms with van der Waals surface area (Å²) in [5, 5.41) is 12.4. The Labute approximate surface area is 189 Å². The highest BCUT2D eigenvalue weighted by Gasteiger charge is 2.36. The third-order valence-corrected chi connectivity index (χ3v) is 6.29. The van der Waals surface area contributed by atoms with Gasteiger partial charge in [-0.15, -0.1) is 11.3 Å². The Kier molecular flexibility index (Phi) is 6.06. The molecule has 166 valence electrons. The average Bonchev–Trinajstić information content (AvgIpc) is 3.33. The molecule has 0 saturated carbocycles. The van der Waals surface area contributed by atoms with E-state index < -0.39 is 11.9 Å². The number of amides is 3. The standard InChI is InChI=1S/C22H24N6O3S/c1-13-18(14(2)28(26-13)15-6-4-3-5-7-15)19-21(31)24-9-10-27(19)12-17(29)25-22-16(20(23)30)8-11-32-22/h3-8,11,19H,9-10,12H2,1-2H3,(H2,23,30)(H,24,31)(H,25,29)/t19-/m1/s1. The van der Waals surface area contributed by atoms with Crippen LogP contribution in [-0.2, 0) is 9.59 Å². The van der Waals surface area contributed by atoms with Gasteiger partial charge in [-0.05, 0) is 37.4 Å². The quantitative estimate of drug-likeness (QED) is 0.526. The van der Waals surface area contributed by atoms with Gasteiger partial charge in [0.15, 0.2) is 0 Å². The molecule has 10 heteroatoms. The summed E-state index contributed by atoms with van der Waals surface area (Å²) in [4.78, 5) is 39.1. The fourth-order valence-corrected chi connectivity index (χ4v) is 4.83. The Hall–Kier alpha value is -3.50. The van der Waals surface area contributed by atoms with Gasteiger partial charge in [0.2, 0.25) is 11.8 Å². The molecule has 3 aromatic rings. The first-order valence-corrected chi connectivity index (χ1v) is 11.0. The van der Waals surface area contributed by atoms with Crippen LogP contribution in [0.1, 0.15) is 33.4 Å². The van der Waals surface area contributed by atoms with E-state index in [1.807, 2.05) is 53.8 Å². The molecule has 0 radical (unpaired) electrons. The van der Waals surface area contributed by atoms with E-state index in [-0.39, 0.29) is 23.9 Å². The molecule has 4 N–H and O–H groups in total. The Balaban J connectivity index is 1.60. The highest BCUT2D eigenvalue weighted by molar-refractivity contribution is 7.14. The number of nitrogens with zero attached hydrogens (tertiary/aromatic N) is 3. The normalized spacial score (nSPS) is 16.6. The maximum absolute atomic E-state index is 12.9. The van der Waals surface area contributed by atoms with E-state index in [4.69, 9.17) is 5.73 Å². The summed E-state index contributed by atoms with van der Waals surface area (Å²) in [5.74, 6) is -1.09. The average molecular weight is 453 g/mol. The molecule has 3 heterocycles. The first kappa shape index (κ1) is 21.7. The van der Waals surface area contributed by atoms with E-state index in [0.717, 1.165) is 22.6 Å². The minimum atomic E-state index is -0.647. The number of carbonyl (C=O) groups excluding carboxylic acids is 3. The van der Waals surface area contributed by atoms with Gasteiger partial charge in [-0.3, -0.25) is 19.3 Å². The molecule has 1 aliphatic heterocycles. The maximum Gasteiger partial charge on any atom is 0.251 e. The van der Waals surface area contributed by atoms with E-state index in [0.29, 0.717) is 18.1 Å². The van der Waals surface area contributed by atoms with Crippen LogP contribution in [0.5, 0.6) is 0 Å². The fraction of sp³-hybridized carbons (Fsp3) is 0.273. The van der Waals surface area contributed by atoms with Crippen molar-refractivity contribution >= 4 is 34.1 Å². The third-order valence-electron chi connectivity index (χ3n) is 5.46. The van der Waals surface area contributed by atoms with Crippen LogP contribution in [0.2, 0.25) is 0 Å². The molecule has 0 spiro atoms. The summed E-state index contributed by atoms with van der Waals surface area (Å²) >= 11 is 1.23. The third kappa shape index (κ3) is 4.14. The van der Waals surface area contributed by atoms with Gasteiger partial charge in [0.1, 0.15) is 11.0 Å². The number of aryl methyl sites for hydroxylation is 1. The number of piperazine rings is 1. The minimum Gasteiger partial charge on any atom is -0.366 e. The van der Waals surface area contributed by atoms with Crippen LogP contribution in [0.4, 0.5) is 5.00 Å². The van der Waals surface area contributed by atoms with Crippen molar-refractivity contribution in [3.05, 3.63) is 64.3 Å². The van der Waals surface area contributed by atoms with E-state index in [9.17, 15) is 14.4 Å². The van der Waals surface area contributed by atoms with Gasteiger partial charge in [-0.2, -0.15) is 5.10 Å². The molecule has 1 saturated heterocycles. The van der Waals surface area contributed by atoms with Crippen LogP contribution >= 0.6 is 11.3 Å². The van der Waals surface area contributed by atoms with Crippen LogP contribution in [-0.4, -0.2) is 52.0 Å². The Morgan fingerprint density at radius 2 is 2.00 bits per heavy atom. The predicted molar refractivity (Wildman–Crippen MR) is 122 cm³/mol. The van der Waals surface area contributed by atoms with Gasteiger partial charge in [0, 0.05) is 24.3 Å². The SMILES string of the molecule is Cc1nn(-c2ccccc2)c(C)c1[C@@H]1C(=O)NCCN1CC(=O)Nc1sccc1C(N)=O. The number of nitrogens with two attached hydrogens (primary N) is 1. The lowest BCUT2D eigenvalue weighted by molar-refractivity contribution is -0.130. The molecule has 1 aromatic carbocycles. The molecule has 0 unspecified atom stereocenters. The van der Waals surface area contributed by atoms with Gasteiger partial charge in [0.05, 0.1) is 23.5 Å². The minimum absolute atomic E-state index is 0.0103. The number of hydrogen-bond donors (Lipinski definition) is 3. The number of carbonyl (C=O) groups is 3. The molecule has 1 atom stereocenters. The number of primary amides is 1. The lowest BCUT2D eigenvalue weighted by Crippen LogP contribution is -2.52. The molecular weight excluding hydrogens is 428 g/mol. The molecule has 2 aromatic heterocycles. The lowest BCUT2D eigenvalue weighted by atomic mass is 10.00. The number of thiophene rings is 1. The Morgan fingerprint density at radius 1 is 1.25 bits per heavy atom. The summed E-state index contributed by atoms with van der Waals surface area (Å²) in [6.45, 7) is 4.73. The van der Waals surface area contributed by atoms with Gasteiger partial charge < -0.3 is 16.4 Å². The number of para-hydroxylation sites is 1. The molecule has 1 fully saturated rings. The van der Waals surface area contributed by atoms with E-state index >= 15 is 0 Å². The van der Waals surface area contributed by atoms with Crippen molar-refractivity contribution in [3.8, 4) is 5.69 Å². The maximum atomic E-state index is 12.9. The van der Waals surface area contributed by atoms with Gasteiger partial charge in [-0.25, -0.2) is 4.68 Å². The molecule has 32 heavy (non-hydrogen) atoms. The smallest absolute Gasteiger partial charge is 0.251 e. The number of nitrogens with one attached hydrogen (secondary N) is 2. The number of hydrogen-bond acceptors (Lipinski definition) is 6. The van der Waals surface area contributed by atoms with Crippen molar-refractivity contribution in [3.63, 3.8) is 0 Å². The second-order valence-electron chi connectivity index (χ2n) is 7.57. The number of anilines is 1. The summed E-state index contributed by atoms with van der Waals surface area (Å²) in [5.41, 5.74) is 8.89. The first-order valence-electron chi connectivity index (χ1n) is 10.2. The van der Waals surface area contributed by atoms with E-state index in [2.05, 4.69) is 15.7 Å². The molecule has 0 bridgehead atoms. The van der Waals surface area contributed by atoms with Gasteiger partial charge >= 0.3 is 0 Å². The second-order valence-corrected chi connectivity index (χ2v) is 8.49. The summed E-state index contributed by atoms with van der Waals surface area (Å²) in [6, 6.07) is 10.6. The monoisotopic (exact) mass is 452 g/mol. The van der Waals surface area contributed by atoms with Crippen molar-refractivity contribution < 1.29 is 14.4 Å². The van der Waals surface area contributed by atoms with Crippen molar-refractivity contribution in [2.45, 2.75) is 19.9 Å². The lowest BCUT2D eigenvalue weighted by Gasteiger charge is -2.34. The van der Waals surface area contributed by atoms with Crippen LogP contribution in [0.3, 0.4) is 0 Å². The first-order chi connectivity index (χ1) is 15.4. The second kappa shape index (κ2) is 8.93. The molecule has 3 amide bonds. The van der Waals surface area contributed by atoms with Crippen molar-refractivity contribution in [2.24, 2.45) is 5.73 Å². The summed E-state index contributed by atoms with van der Waals surface area (Å²) in [7, 11) is 0. The van der Waals surface area contributed by atoms with Crippen molar-refractivity contribution in [1.29, 1.82) is 0 Å². The van der Waals surface area contributed by atoms with Crippen LogP contribution in [0.25, 0.3) is 5.69 Å².